The van der Waals surface area contributed by atoms with E-state index in [1.54, 1.807) is 0 Å². The molecule has 8 aromatic carbocycles. The number of nitrogens with zero attached hydrogens (tertiary/aromatic N) is 2. The third-order valence-electron chi connectivity index (χ3n) is 10.2. The average Bonchev–Trinajstić information content (AvgIpc) is 3.76. The number of hydrogen-bond acceptors (Lipinski definition) is 4. The molecule has 11 rings (SSSR count). The molecule has 0 N–H and O–H groups in total. The average molecular weight is 685 g/mol. The zero-order chi connectivity index (χ0) is 33.5. The quantitative estimate of drug-likeness (QED) is 0.183. The molecule has 0 aliphatic rings. The van der Waals surface area contributed by atoms with Gasteiger partial charge < -0.3 is 4.90 Å². The van der Waals surface area contributed by atoms with Gasteiger partial charge in [-0.25, -0.2) is 4.98 Å². The number of aromatic nitrogens is 1. The Morgan fingerprint density at radius 1 is 0.373 bits per heavy atom. The predicted octanol–water partition coefficient (Wildman–Crippen LogP) is 14.4. The Kier molecular flexibility index (Phi) is 6.32. The summed E-state index contributed by atoms with van der Waals surface area (Å²) in [4.78, 5) is 7.38. The van der Waals surface area contributed by atoms with Crippen molar-refractivity contribution in [2.45, 2.75) is 0 Å². The maximum absolute atomic E-state index is 4.98. The van der Waals surface area contributed by atoms with Crippen molar-refractivity contribution in [3.63, 3.8) is 0 Å². The lowest BCUT2D eigenvalue weighted by Crippen LogP contribution is -2.09. The van der Waals surface area contributed by atoms with E-state index in [2.05, 4.69) is 169 Å². The van der Waals surface area contributed by atoms with Crippen molar-refractivity contribution in [2.75, 3.05) is 4.90 Å². The Labute approximate surface area is 302 Å². The van der Waals surface area contributed by atoms with Crippen molar-refractivity contribution in [1.29, 1.82) is 0 Å². The van der Waals surface area contributed by atoms with E-state index in [1.807, 2.05) is 28.7 Å². The van der Waals surface area contributed by atoms with E-state index in [4.69, 9.17) is 4.98 Å². The first-order chi connectivity index (χ1) is 25.2. The number of para-hydroxylation sites is 1. The van der Waals surface area contributed by atoms with E-state index in [9.17, 15) is 0 Å². The van der Waals surface area contributed by atoms with Crippen LogP contribution in [0.15, 0.2) is 170 Å². The molecular formula is C47H28N2S2. The minimum absolute atomic E-state index is 0.977. The molecule has 3 heterocycles. The van der Waals surface area contributed by atoms with Gasteiger partial charge in [0.05, 0.1) is 11.2 Å². The maximum Gasteiger partial charge on any atom is 0.0709 e. The molecule has 0 aliphatic carbocycles. The van der Waals surface area contributed by atoms with Crippen LogP contribution in [0, 0.1) is 0 Å². The van der Waals surface area contributed by atoms with E-state index in [1.165, 1.54) is 61.9 Å². The van der Waals surface area contributed by atoms with Crippen LogP contribution in [0.3, 0.4) is 0 Å². The molecule has 3 aromatic heterocycles. The van der Waals surface area contributed by atoms with Crippen molar-refractivity contribution >= 4 is 113 Å². The molecular weight excluding hydrogens is 657 g/mol. The first-order valence-corrected chi connectivity index (χ1v) is 18.8. The van der Waals surface area contributed by atoms with Crippen molar-refractivity contribution in [3.8, 4) is 11.3 Å². The molecule has 0 amide bonds. The molecule has 2 nitrogen and oxygen atoms in total. The van der Waals surface area contributed by atoms with Crippen molar-refractivity contribution in [3.05, 3.63) is 170 Å². The number of fused-ring (bicyclic) bond motifs is 11. The predicted molar refractivity (Wildman–Crippen MR) is 223 cm³/mol. The Morgan fingerprint density at radius 3 is 1.49 bits per heavy atom. The second-order valence-corrected chi connectivity index (χ2v) is 15.3. The van der Waals surface area contributed by atoms with Crippen LogP contribution in [0.5, 0.6) is 0 Å². The molecule has 11 aromatic rings. The Hall–Kier alpha value is -6.07. The van der Waals surface area contributed by atoms with E-state index in [-0.39, 0.29) is 0 Å². The number of rotatable bonds is 4. The van der Waals surface area contributed by atoms with Crippen LogP contribution in [0.25, 0.3) is 84.0 Å². The first kappa shape index (κ1) is 28.7. The van der Waals surface area contributed by atoms with Gasteiger partial charge in [-0.1, -0.05) is 109 Å². The molecule has 0 saturated heterocycles. The molecule has 51 heavy (non-hydrogen) atoms. The van der Waals surface area contributed by atoms with Gasteiger partial charge in [0, 0.05) is 68.4 Å². The summed E-state index contributed by atoms with van der Waals surface area (Å²) in [6.45, 7) is 0. The molecule has 0 unspecified atom stereocenters. The highest BCUT2D eigenvalue weighted by Crippen LogP contribution is 2.45. The van der Waals surface area contributed by atoms with Crippen LogP contribution in [-0.4, -0.2) is 4.98 Å². The summed E-state index contributed by atoms with van der Waals surface area (Å²) in [7, 11) is 0. The van der Waals surface area contributed by atoms with Crippen molar-refractivity contribution in [1.82, 2.24) is 4.98 Å². The summed E-state index contributed by atoms with van der Waals surface area (Å²) in [6.07, 6.45) is 0. The smallest absolute Gasteiger partial charge is 0.0709 e. The van der Waals surface area contributed by atoms with Crippen LogP contribution in [-0.2, 0) is 0 Å². The molecule has 0 atom stereocenters. The van der Waals surface area contributed by atoms with Gasteiger partial charge in [0.1, 0.15) is 0 Å². The molecule has 0 aliphatic heterocycles. The van der Waals surface area contributed by atoms with Crippen molar-refractivity contribution < 1.29 is 0 Å². The van der Waals surface area contributed by atoms with Crippen LogP contribution >= 0.6 is 22.7 Å². The molecule has 0 spiro atoms. The zero-order valence-corrected chi connectivity index (χ0v) is 29.0. The van der Waals surface area contributed by atoms with Gasteiger partial charge >= 0.3 is 0 Å². The number of benzene rings is 8. The molecule has 4 heteroatoms. The minimum Gasteiger partial charge on any atom is -0.310 e. The Balaban J connectivity index is 1.09. The molecule has 238 valence electrons. The van der Waals surface area contributed by atoms with Gasteiger partial charge in [-0.3, -0.25) is 0 Å². The van der Waals surface area contributed by atoms with Gasteiger partial charge in [-0.2, -0.15) is 0 Å². The monoisotopic (exact) mass is 684 g/mol. The number of hydrogen-bond donors (Lipinski definition) is 0. The molecule has 0 radical (unpaired) electrons. The molecule has 0 bridgehead atoms. The lowest BCUT2D eigenvalue weighted by molar-refractivity contribution is 1.29. The SMILES string of the molecule is c1ccc2nc(-c3ccc(N(c4ccc5c(c4)sc4ccc6ccccc6c45)c4ccc5c(c4)sc4ccc6ccccc6c45)cc3)ccc2c1. The summed E-state index contributed by atoms with van der Waals surface area (Å²) in [5.74, 6) is 0. The van der Waals surface area contributed by atoms with Gasteiger partial charge in [-0.15, -0.1) is 22.7 Å². The van der Waals surface area contributed by atoms with Gasteiger partial charge in [0.15, 0.2) is 0 Å². The van der Waals surface area contributed by atoms with E-state index < -0.39 is 0 Å². The standard InChI is InChI=1S/C47H28N2S2/c1-4-10-36-29(7-1)16-25-42-46(36)38-22-20-34(27-44(38)50-42)49(33-18-13-32(14-19-33)41-24-15-31-9-3-6-12-40(31)48-41)35-21-23-39-45(28-35)51-43-26-17-30-8-2-5-11-37(30)47(39)43/h1-28H. The van der Waals surface area contributed by atoms with Gasteiger partial charge in [-0.05, 0) is 82.2 Å². The van der Waals surface area contributed by atoms with Crippen LogP contribution in [0.1, 0.15) is 0 Å². The fourth-order valence-electron chi connectivity index (χ4n) is 7.80. The minimum atomic E-state index is 0.977. The fourth-order valence-corrected chi connectivity index (χ4v) is 10.1. The highest BCUT2D eigenvalue weighted by molar-refractivity contribution is 7.26. The second kappa shape index (κ2) is 11.2. The van der Waals surface area contributed by atoms with E-state index in [0.717, 1.165) is 39.2 Å². The van der Waals surface area contributed by atoms with Gasteiger partial charge in [0.2, 0.25) is 0 Å². The summed E-state index contributed by atoms with van der Waals surface area (Å²) < 4.78 is 5.21. The number of thiophene rings is 2. The normalized spacial score (nSPS) is 11.9. The lowest BCUT2D eigenvalue weighted by Gasteiger charge is -2.26. The molecule has 0 fully saturated rings. The number of anilines is 3. The number of pyridine rings is 1. The lowest BCUT2D eigenvalue weighted by atomic mass is 10.0. The topological polar surface area (TPSA) is 16.1 Å². The first-order valence-electron chi connectivity index (χ1n) is 17.2. The zero-order valence-electron chi connectivity index (χ0n) is 27.4. The van der Waals surface area contributed by atoms with Crippen LogP contribution in [0.4, 0.5) is 17.1 Å². The Bertz CT molecular complexity index is 3000. The Morgan fingerprint density at radius 2 is 0.882 bits per heavy atom. The van der Waals surface area contributed by atoms with Crippen molar-refractivity contribution in [2.24, 2.45) is 0 Å². The highest BCUT2D eigenvalue weighted by Gasteiger charge is 2.18. The summed E-state index contributed by atoms with van der Waals surface area (Å²) >= 11 is 3.75. The van der Waals surface area contributed by atoms with Crippen LogP contribution < -0.4 is 4.90 Å². The van der Waals surface area contributed by atoms with Gasteiger partial charge in [0.25, 0.3) is 0 Å². The fraction of sp³-hybridized carbons (Fsp3) is 0. The third kappa shape index (κ3) is 4.58. The summed E-state index contributed by atoms with van der Waals surface area (Å²) in [6, 6.07) is 61.9. The largest absolute Gasteiger partial charge is 0.310 e. The maximum atomic E-state index is 4.98. The molecule has 0 saturated carbocycles. The van der Waals surface area contributed by atoms with Crippen LogP contribution in [0.2, 0.25) is 0 Å². The highest BCUT2D eigenvalue weighted by atomic mass is 32.1. The van der Waals surface area contributed by atoms with E-state index in [0.29, 0.717) is 0 Å². The van der Waals surface area contributed by atoms with E-state index >= 15 is 0 Å². The summed E-state index contributed by atoms with van der Waals surface area (Å²) in [5.41, 5.74) is 6.47. The summed E-state index contributed by atoms with van der Waals surface area (Å²) in [5, 5.41) is 11.6. The third-order valence-corrected chi connectivity index (χ3v) is 12.5. The second-order valence-electron chi connectivity index (χ2n) is 13.2.